The molecule has 1 aliphatic heterocycles. The Morgan fingerprint density at radius 1 is 1.11 bits per heavy atom. The maximum atomic E-state index is 2.59. The van der Waals surface area contributed by atoms with E-state index in [1.807, 2.05) is 11.3 Å². The van der Waals surface area contributed by atoms with Crippen molar-refractivity contribution in [2.45, 2.75) is 6.42 Å². The van der Waals surface area contributed by atoms with E-state index in [1.165, 1.54) is 54.8 Å². The van der Waals surface area contributed by atoms with Gasteiger partial charge < -0.3 is 9.80 Å². The lowest BCUT2D eigenvalue weighted by Crippen LogP contribution is -2.45. The summed E-state index contributed by atoms with van der Waals surface area (Å²) in [6, 6.07) is 8.75. The molecule has 0 aliphatic carbocycles. The zero-order chi connectivity index (χ0) is 12.4. The number of nitrogens with zero attached hydrogens (tertiary/aromatic N) is 2. The average Bonchev–Trinajstić information content (AvgIpc) is 2.82. The molecule has 1 aliphatic rings. The maximum absolute atomic E-state index is 2.59. The van der Waals surface area contributed by atoms with Crippen LogP contribution < -0.4 is 0 Å². The standard InChI is InChI=1S/C15H20N2S/c1-16-8-10-17(11-9-16)7-6-13-12-18-15-5-3-2-4-14(13)15/h2-5,12H,6-11H2,1H3. The van der Waals surface area contributed by atoms with Crippen LogP contribution in [0.5, 0.6) is 0 Å². The summed E-state index contributed by atoms with van der Waals surface area (Å²) in [7, 11) is 2.21. The van der Waals surface area contributed by atoms with Crippen molar-refractivity contribution in [3.63, 3.8) is 0 Å². The molecule has 0 amide bonds. The lowest BCUT2D eigenvalue weighted by Gasteiger charge is -2.32. The molecule has 2 aromatic rings. The second-order valence-corrected chi connectivity index (χ2v) is 6.06. The Morgan fingerprint density at radius 3 is 2.72 bits per heavy atom. The van der Waals surface area contributed by atoms with E-state index in [0.29, 0.717) is 0 Å². The van der Waals surface area contributed by atoms with Gasteiger partial charge in [-0.15, -0.1) is 11.3 Å². The van der Waals surface area contributed by atoms with Crippen molar-refractivity contribution >= 4 is 21.4 Å². The first-order valence-corrected chi connectivity index (χ1v) is 7.57. The van der Waals surface area contributed by atoms with Gasteiger partial charge in [0.2, 0.25) is 0 Å². The molecular weight excluding hydrogens is 240 g/mol. The Morgan fingerprint density at radius 2 is 1.89 bits per heavy atom. The van der Waals surface area contributed by atoms with Crippen molar-refractivity contribution in [1.29, 1.82) is 0 Å². The van der Waals surface area contributed by atoms with Crippen molar-refractivity contribution < 1.29 is 0 Å². The lowest BCUT2D eigenvalue weighted by atomic mass is 10.1. The number of hydrogen-bond acceptors (Lipinski definition) is 3. The van der Waals surface area contributed by atoms with Gasteiger partial charge in [0.25, 0.3) is 0 Å². The van der Waals surface area contributed by atoms with Crippen LogP contribution in [0.3, 0.4) is 0 Å². The van der Waals surface area contributed by atoms with Crippen molar-refractivity contribution in [3.8, 4) is 0 Å². The highest BCUT2D eigenvalue weighted by Gasteiger charge is 2.13. The largest absolute Gasteiger partial charge is 0.304 e. The maximum Gasteiger partial charge on any atom is 0.0345 e. The highest BCUT2D eigenvalue weighted by molar-refractivity contribution is 7.17. The van der Waals surface area contributed by atoms with Crippen LogP contribution in [0.2, 0.25) is 0 Å². The zero-order valence-electron chi connectivity index (χ0n) is 10.9. The van der Waals surface area contributed by atoms with Gasteiger partial charge in [-0.05, 0) is 35.9 Å². The molecule has 0 spiro atoms. The Hall–Kier alpha value is -0.900. The SMILES string of the molecule is CN1CCN(CCc2csc3ccccc23)CC1. The average molecular weight is 260 g/mol. The first-order chi connectivity index (χ1) is 8.83. The summed E-state index contributed by atoms with van der Waals surface area (Å²) >= 11 is 1.87. The molecule has 0 unspecified atom stereocenters. The van der Waals surface area contributed by atoms with Gasteiger partial charge in [0.1, 0.15) is 0 Å². The zero-order valence-corrected chi connectivity index (χ0v) is 11.7. The first kappa shape index (κ1) is 12.2. The normalized spacial score (nSPS) is 18.5. The van der Waals surface area contributed by atoms with E-state index in [0.717, 1.165) is 0 Å². The molecule has 0 saturated carbocycles. The van der Waals surface area contributed by atoms with Gasteiger partial charge in [-0.2, -0.15) is 0 Å². The van der Waals surface area contributed by atoms with E-state index >= 15 is 0 Å². The third-order valence-corrected chi connectivity index (χ3v) is 4.87. The van der Waals surface area contributed by atoms with Gasteiger partial charge in [-0.3, -0.25) is 0 Å². The molecule has 1 aromatic heterocycles. The first-order valence-electron chi connectivity index (χ1n) is 6.69. The minimum atomic E-state index is 1.19. The molecule has 3 heteroatoms. The van der Waals surface area contributed by atoms with Crippen LogP contribution in [-0.4, -0.2) is 49.6 Å². The molecule has 0 N–H and O–H groups in total. The molecule has 1 aromatic carbocycles. The van der Waals surface area contributed by atoms with Crippen LogP contribution in [0, 0.1) is 0 Å². The van der Waals surface area contributed by atoms with Crippen LogP contribution >= 0.6 is 11.3 Å². The number of benzene rings is 1. The fraction of sp³-hybridized carbons (Fsp3) is 0.467. The van der Waals surface area contributed by atoms with Crippen LogP contribution in [0.1, 0.15) is 5.56 Å². The number of hydrogen-bond donors (Lipinski definition) is 0. The molecule has 0 radical (unpaired) electrons. The second kappa shape index (κ2) is 5.39. The van der Waals surface area contributed by atoms with Crippen molar-refractivity contribution in [1.82, 2.24) is 9.80 Å². The summed E-state index contributed by atoms with van der Waals surface area (Å²) in [4.78, 5) is 5.00. The highest BCUT2D eigenvalue weighted by Crippen LogP contribution is 2.26. The second-order valence-electron chi connectivity index (χ2n) is 5.15. The van der Waals surface area contributed by atoms with E-state index in [1.54, 1.807) is 0 Å². The number of rotatable bonds is 3. The van der Waals surface area contributed by atoms with E-state index in [9.17, 15) is 0 Å². The minimum absolute atomic E-state index is 1.19. The number of piperazine rings is 1. The van der Waals surface area contributed by atoms with Gasteiger partial charge in [0.15, 0.2) is 0 Å². The van der Waals surface area contributed by atoms with Gasteiger partial charge >= 0.3 is 0 Å². The van der Waals surface area contributed by atoms with Gasteiger partial charge in [0.05, 0.1) is 0 Å². The summed E-state index contributed by atoms with van der Waals surface area (Å²) in [6.07, 6.45) is 1.19. The van der Waals surface area contributed by atoms with Crippen LogP contribution in [0.15, 0.2) is 29.6 Å². The van der Waals surface area contributed by atoms with Gasteiger partial charge in [0, 0.05) is 37.4 Å². The monoisotopic (exact) mass is 260 g/mol. The quantitative estimate of drug-likeness (QED) is 0.837. The smallest absolute Gasteiger partial charge is 0.0345 e. The van der Waals surface area contributed by atoms with Gasteiger partial charge in [-0.25, -0.2) is 0 Å². The fourth-order valence-corrected chi connectivity index (χ4v) is 3.57. The summed E-state index contributed by atoms with van der Waals surface area (Å²) in [5, 5.41) is 3.79. The molecular formula is C15H20N2S. The number of fused-ring (bicyclic) bond motifs is 1. The Bertz CT molecular complexity index is 512. The van der Waals surface area contributed by atoms with Crippen molar-refractivity contribution in [2.75, 3.05) is 39.8 Å². The molecule has 3 rings (SSSR count). The van der Waals surface area contributed by atoms with Crippen molar-refractivity contribution in [3.05, 3.63) is 35.2 Å². The summed E-state index contributed by atoms with van der Waals surface area (Å²) in [6.45, 7) is 6.07. The number of likely N-dealkylation sites (N-methyl/N-ethyl adjacent to an activating group) is 1. The Kier molecular flexibility index (Phi) is 3.64. The van der Waals surface area contributed by atoms with Crippen LogP contribution in [0.4, 0.5) is 0 Å². The van der Waals surface area contributed by atoms with Crippen molar-refractivity contribution in [2.24, 2.45) is 0 Å². The molecule has 2 nitrogen and oxygen atoms in total. The Labute approximate surface area is 113 Å². The summed E-state index contributed by atoms with van der Waals surface area (Å²) < 4.78 is 1.42. The van der Waals surface area contributed by atoms with Gasteiger partial charge in [-0.1, -0.05) is 18.2 Å². The minimum Gasteiger partial charge on any atom is -0.304 e. The molecule has 1 saturated heterocycles. The van der Waals surface area contributed by atoms with E-state index in [4.69, 9.17) is 0 Å². The third kappa shape index (κ3) is 2.58. The predicted octanol–water partition coefficient (Wildman–Crippen LogP) is 2.69. The highest BCUT2D eigenvalue weighted by atomic mass is 32.1. The van der Waals surface area contributed by atoms with Crippen LogP contribution in [0.25, 0.3) is 10.1 Å². The topological polar surface area (TPSA) is 6.48 Å². The molecule has 0 bridgehead atoms. The summed E-state index contributed by atoms with van der Waals surface area (Å²) in [5.41, 5.74) is 1.52. The lowest BCUT2D eigenvalue weighted by molar-refractivity contribution is 0.155. The third-order valence-electron chi connectivity index (χ3n) is 3.85. The number of thiophene rings is 1. The predicted molar refractivity (Wildman–Crippen MR) is 79.5 cm³/mol. The molecule has 2 heterocycles. The van der Waals surface area contributed by atoms with E-state index in [2.05, 4.69) is 46.5 Å². The summed E-state index contributed by atoms with van der Waals surface area (Å²) in [5.74, 6) is 0. The molecule has 18 heavy (non-hydrogen) atoms. The molecule has 0 atom stereocenters. The molecule has 96 valence electrons. The van der Waals surface area contributed by atoms with E-state index < -0.39 is 0 Å². The molecule has 1 fully saturated rings. The van der Waals surface area contributed by atoms with E-state index in [-0.39, 0.29) is 0 Å². The fourth-order valence-electron chi connectivity index (χ4n) is 2.58. The van der Waals surface area contributed by atoms with Crippen LogP contribution in [-0.2, 0) is 6.42 Å². The Balaban J connectivity index is 1.63.